The summed E-state index contributed by atoms with van der Waals surface area (Å²) in [7, 11) is 0. The molecular weight excluding hydrogens is 537 g/mol. The average Bonchev–Trinajstić information content (AvgIpc) is 3.42. The monoisotopic (exact) mass is 558 g/mol. The molecule has 1 aliphatic rings. The van der Waals surface area contributed by atoms with Gasteiger partial charge in [-0.25, -0.2) is 13.9 Å². The molecule has 0 aliphatic carbocycles. The Morgan fingerprint density at radius 1 is 1.08 bits per heavy atom. The first kappa shape index (κ1) is 27.9. The predicted molar refractivity (Wildman–Crippen MR) is 124 cm³/mol. The maximum Gasteiger partial charge on any atom is 0.436 e. The molecule has 1 aliphatic heterocycles. The van der Waals surface area contributed by atoms with Crippen LogP contribution in [0.15, 0.2) is 48.5 Å². The van der Waals surface area contributed by atoms with Crippen LogP contribution < -0.4 is 10.2 Å². The van der Waals surface area contributed by atoms with Crippen LogP contribution in [0.5, 0.6) is 0 Å². The van der Waals surface area contributed by atoms with Gasteiger partial charge in [-0.15, -0.1) is 0 Å². The first-order valence-electron chi connectivity index (χ1n) is 11.5. The number of carbonyl (C=O) groups excluding carboxylic acids is 1. The highest BCUT2D eigenvalue weighted by Crippen LogP contribution is 2.42. The number of benzene rings is 2. The summed E-state index contributed by atoms with van der Waals surface area (Å²) in [6, 6.07) is 7.40. The standard InChI is InChI=1S/C25H21F7N4O3/c1-13(15-5-7-16(8-6-15)23(38)39)33-21(37)19-20(25(30,31)32)34-36-18(10-26)12-35(22(19)36)11-14-3-2-4-17(9-14)24(27,28)29/h2-9,13,18H,10-12H2,1H3,(H,33,37)(H,38,39)/t13?,18-/m1/s1. The van der Waals surface area contributed by atoms with Gasteiger partial charge in [0.2, 0.25) is 0 Å². The lowest BCUT2D eigenvalue weighted by molar-refractivity contribution is -0.142. The first-order valence-corrected chi connectivity index (χ1v) is 11.5. The number of aromatic carboxylic acids is 1. The Morgan fingerprint density at radius 2 is 1.74 bits per heavy atom. The third-order valence-electron chi connectivity index (χ3n) is 6.27. The van der Waals surface area contributed by atoms with E-state index < -0.39 is 59.8 Å². The zero-order chi connectivity index (χ0) is 28.7. The van der Waals surface area contributed by atoms with Crippen molar-refractivity contribution in [3.63, 3.8) is 0 Å². The molecule has 208 valence electrons. The van der Waals surface area contributed by atoms with Crippen LogP contribution in [0.25, 0.3) is 0 Å². The summed E-state index contributed by atoms with van der Waals surface area (Å²) >= 11 is 0. The van der Waals surface area contributed by atoms with Crippen LogP contribution in [-0.2, 0) is 18.9 Å². The summed E-state index contributed by atoms with van der Waals surface area (Å²) in [6.07, 6.45) is -9.75. The number of fused-ring (bicyclic) bond motifs is 1. The number of carboxylic acid groups (broad SMARTS) is 1. The number of aromatic nitrogens is 2. The number of anilines is 1. The van der Waals surface area contributed by atoms with E-state index >= 15 is 0 Å². The van der Waals surface area contributed by atoms with Gasteiger partial charge in [0, 0.05) is 13.1 Å². The van der Waals surface area contributed by atoms with E-state index in [9.17, 15) is 40.3 Å². The largest absolute Gasteiger partial charge is 0.478 e. The third kappa shape index (κ3) is 5.68. The molecule has 2 atom stereocenters. The van der Waals surface area contributed by atoms with E-state index in [4.69, 9.17) is 5.11 Å². The summed E-state index contributed by atoms with van der Waals surface area (Å²) in [5, 5.41) is 15.0. The van der Waals surface area contributed by atoms with Gasteiger partial charge in [0.05, 0.1) is 17.2 Å². The zero-order valence-corrected chi connectivity index (χ0v) is 20.1. The van der Waals surface area contributed by atoms with Crippen LogP contribution in [0.2, 0.25) is 0 Å². The molecule has 2 heterocycles. The Bertz CT molecular complexity index is 1380. The fraction of sp³-hybridized carbons (Fsp3) is 0.320. The van der Waals surface area contributed by atoms with Crippen LogP contribution in [-0.4, -0.2) is 40.0 Å². The number of carbonyl (C=O) groups is 2. The third-order valence-corrected chi connectivity index (χ3v) is 6.27. The maximum atomic E-state index is 14.0. The Morgan fingerprint density at radius 3 is 2.31 bits per heavy atom. The van der Waals surface area contributed by atoms with Gasteiger partial charge in [-0.05, 0) is 42.3 Å². The molecular formula is C25H21F7N4O3. The molecule has 4 rings (SSSR count). The number of hydrogen-bond acceptors (Lipinski definition) is 4. The van der Waals surface area contributed by atoms with E-state index in [-0.39, 0.29) is 30.0 Å². The predicted octanol–water partition coefficient (Wildman–Crippen LogP) is 5.64. The fourth-order valence-corrected chi connectivity index (χ4v) is 4.40. The topological polar surface area (TPSA) is 87.5 Å². The quantitative estimate of drug-likeness (QED) is 0.367. The summed E-state index contributed by atoms with van der Waals surface area (Å²) < 4.78 is 96.0. The molecule has 0 bridgehead atoms. The van der Waals surface area contributed by atoms with Crippen molar-refractivity contribution in [1.29, 1.82) is 0 Å². The van der Waals surface area contributed by atoms with Crippen molar-refractivity contribution in [3.8, 4) is 0 Å². The van der Waals surface area contributed by atoms with Crippen LogP contribution in [0.4, 0.5) is 36.6 Å². The normalized spacial score (nSPS) is 16.2. The second kappa shape index (κ2) is 10.2. The van der Waals surface area contributed by atoms with Crippen molar-refractivity contribution in [2.75, 3.05) is 18.1 Å². The van der Waals surface area contributed by atoms with Gasteiger partial charge in [-0.3, -0.25) is 4.79 Å². The molecule has 39 heavy (non-hydrogen) atoms. The van der Waals surface area contributed by atoms with Gasteiger partial charge in [0.25, 0.3) is 5.91 Å². The number of nitrogens with one attached hydrogen (secondary N) is 1. The van der Waals surface area contributed by atoms with Gasteiger partial charge in [-0.1, -0.05) is 24.3 Å². The molecule has 0 saturated heterocycles. The van der Waals surface area contributed by atoms with E-state index in [0.717, 1.165) is 22.9 Å². The average molecular weight is 558 g/mol. The molecule has 7 nitrogen and oxygen atoms in total. The van der Waals surface area contributed by atoms with E-state index in [2.05, 4.69) is 10.4 Å². The minimum Gasteiger partial charge on any atom is -0.478 e. The Balaban J connectivity index is 1.71. The minimum atomic E-state index is -5.10. The summed E-state index contributed by atoms with van der Waals surface area (Å²) in [6.45, 7) is -0.219. The van der Waals surface area contributed by atoms with Crippen molar-refractivity contribution in [1.82, 2.24) is 15.1 Å². The molecule has 0 saturated carbocycles. The molecule has 1 unspecified atom stereocenters. The lowest BCUT2D eigenvalue weighted by atomic mass is 10.1. The Labute approximate surface area is 216 Å². The van der Waals surface area contributed by atoms with Gasteiger partial charge in [-0.2, -0.15) is 31.4 Å². The number of rotatable bonds is 7. The number of alkyl halides is 7. The van der Waals surface area contributed by atoms with Crippen LogP contribution in [0, 0.1) is 0 Å². The molecule has 0 fully saturated rings. The summed E-state index contributed by atoms with van der Waals surface area (Å²) in [4.78, 5) is 25.5. The van der Waals surface area contributed by atoms with Crippen molar-refractivity contribution >= 4 is 17.7 Å². The number of nitrogens with zero attached hydrogens (tertiary/aromatic N) is 3. The molecule has 1 amide bonds. The van der Waals surface area contributed by atoms with Crippen molar-refractivity contribution in [3.05, 3.63) is 82.0 Å². The highest BCUT2D eigenvalue weighted by atomic mass is 19.4. The summed E-state index contributed by atoms with van der Waals surface area (Å²) in [5.41, 5.74) is -2.97. The van der Waals surface area contributed by atoms with Crippen molar-refractivity contribution < 1.29 is 45.4 Å². The van der Waals surface area contributed by atoms with Gasteiger partial charge >= 0.3 is 18.3 Å². The Kier molecular flexibility index (Phi) is 7.32. The number of amides is 1. The van der Waals surface area contributed by atoms with Crippen molar-refractivity contribution in [2.45, 2.75) is 37.9 Å². The van der Waals surface area contributed by atoms with E-state index in [1.165, 1.54) is 42.2 Å². The summed E-state index contributed by atoms with van der Waals surface area (Å²) in [5.74, 6) is -2.74. The maximum absolute atomic E-state index is 14.0. The van der Waals surface area contributed by atoms with Crippen LogP contribution in [0.3, 0.4) is 0 Å². The highest BCUT2D eigenvalue weighted by molar-refractivity contribution is 6.01. The van der Waals surface area contributed by atoms with E-state index in [1.54, 1.807) is 0 Å². The molecule has 2 aromatic carbocycles. The number of hydrogen-bond donors (Lipinski definition) is 2. The van der Waals surface area contributed by atoms with Gasteiger partial charge in [0.15, 0.2) is 5.69 Å². The molecule has 0 radical (unpaired) electrons. The molecule has 1 aromatic heterocycles. The minimum absolute atomic E-state index is 0.0337. The van der Waals surface area contributed by atoms with Gasteiger partial charge in [0.1, 0.15) is 24.1 Å². The lowest BCUT2D eigenvalue weighted by Gasteiger charge is -2.21. The molecule has 2 N–H and O–H groups in total. The number of carboxylic acids is 1. The SMILES string of the molecule is CC(NC(=O)c1c(C(F)(F)F)nn2c1N(Cc1cccc(C(F)(F)F)c1)C[C@H]2CF)c1ccc(C(=O)O)cc1. The second-order valence-electron chi connectivity index (χ2n) is 9.00. The first-order chi connectivity index (χ1) is 18.2. The van der Waals surface area contributed by atoms with Crippen LogP contribution in [0.1, 0.15) is 62.1 Å². The molecule has 14 heteroatoms. The fourth-order valence-electron chi connectivity index (χ4n) is 4.40. The lowest BCUT2D eigenvalue weighted by Crippen LogP contribution is -2.31. The smallest absolute Gasteiger partial charge is 0.436 e. The van der Waals surface area contributed by atoms with E-state index in [1.807, 2.05) is 0 Å². The van der Waals surface area contributed by atoms with Gasteiger partial charge < -0.3 is 15.3 Å². The highest BCUT2D eigenvalue weighted by Gasteiger charge is 2.46. The van der Waals surface area contributed by atoms with Crippen LogP contribution >= 0.6 is 0 Å². The molecule has 0 spiro atoms. The second-order valence-corrected chi connectivity index (χ2v) is 9.00. The van der Waals surface area contributed by atoms with Crippen molar-refractivity contribution in [2.24, 2.45) is 0 Å². The van der Waals surface area contributed by atoms with E-state index in [0.29, 0.717) is 5.56 Å². The number of halogens is 7. The zero-order valence-electron chi connectivity index (χ0n) is 20.1. The Hall–Kier alpha value is -4.10. The molecule has 3 aromatic rings.